The number of hydrogen-bond donors (Lipinski definition) is 0. The normalized spacial score (nSPS) is 9.85. The average Bonchev–Trinajstić information content (AvgIpc) is 2.02. The molecule has 0 saturated heterocycles. The molecule has 0 heterocycles. The number of benzene rings is 1. The van der Waals surface area contributed by atoms with E-state index in [1.54, 1.807) is 7.11 Å². The first-order chi connectivity index (χ1) is 6.06. The molecule has 0 radical (unpaired) electrons. The maximum atomic E-state index is 11.2. The largest absolute Gasteiger partial charge is 0.495 e. The number of Topliss-reactive ketones (excluding diaryl/α,β-unsaturated/α-hetero) is 1. The molecule has 0 aliphatic rings. The molecule has 0 amide bonds. The van der Waals surface area contributed by atoms with Crippen molar-refractivity contribution in [3.05, 3.63) is 27.7 Å². The van der Waals surface area contributed by atoms with Gasteiger partial charge in [0, 0.05) is 0 Å². The molecule has 0 fully saturated rings. The summed E-state index contributed by atoms with van der Waals surface area (Å²) in [6, 6.07) is 3.75. The summed E-state index contributed by atoms with van der Waals surface area (Å²) < 4.78 is 5.94. The Bertz CT molecular complexity index is 345. The zero-order chi connectivity index (χ0) is 10.0. The predicted molar refractivity (Wildman–Crippen MR) is 55.4 cm³/mol. The molecule has 0 aliphatic carbocycles. The summed E-state index contributed by atoms with van der Waals surface area (Å²) in [4.78, 5) is 11.2. The standard InChI is InChI=1S/C10H11BrO2/c1-6-4-8(7(2)12)10(13-3)9(11)5-6/h4-5H,1-3H3. The summed E-state index contributed by atoms with van der Waals surface area (Å²) >= 11 is 3.35. The van der Waals surface area contributed by atoms with Gasteiger partial charge in [0.25, 0.3) is 0 Å². The second-order valence-electron chi connectivity index (χ2n) is 2.88. The smallest absolute Gasteiger partial charge is 0.163 e. The Kier molecular flexibility index (Phi) is 3.09. The first-order valence-electron chi connectivity index (χ1n) is 3.91. The van der Waals surface area contributed by atoms with Gasteiger partial charge >= 0.3 is 0 Å². The van der Waals surface area contributed by atoms with Crippen molar-refractivity contribution in [3.63, 3.8) is 0 Å². The van der Waals surface area contributed by atoms with Gasteiger partial charge in [0.1, 0.15) is 5.75 Å². The van der Waals surface area contributed by atoms with Crippen molar-refractivity contribution in [2.24, 2.45) is 0 Å². The Morgan fingerprint density at radius 1 is 1.46 bits per heavy atom. The number of aryl methyl sites for hydroxylation is 1. The van der Waals surface area contributed by atoms with E-state index in [9.17, 15) is 4.79 Å². The van der Waals surface area contributed by atoms with Gasteiger partial charge in [-0.3, -0.25) is 4.79 Å². The van der Waals surface area contributed by atoms with Crippen LogP contribution in [0.3, 0.4) is 0 Å². The highest BCUT2D eigenvalue weighted by molar-refractivity contribution is 9.10. The van der Waals surface area contributed by atoms with E-state index in [0.29, 0.717) is 11.3 Å². The van der Waals surface area contributed by atoms with E-state index < -0.39 is 0 Å². The Labute approximate surface area is 86.0 Å². The van der Waals surface area contributed by atoms with Crippen molar-refractivity contribution < 1.29 is 9.53 Å². The van der Waals surface area contributed by atoms with Crippen LogP contribution < -0.4 is 4.74 Å². The predicted octanol–water partition coefficient (Wildman–Crippen LogP) is 2.97. The van der Waals surface area contributed by atoms with E-state index >= 15 is 0 Å². The maximum Gasteiger partial charge on any atom is 0.163 e. The van der Waals surface area contributed by atoms with Crippen LogP contribution >= 0.6 is 15.9 Å². The van der Waals surface area contributed by atoms with Gasteiger partial charge in [0.15, 0.2) is 5.78 Å². The summed E-state index contributed by atoms with van der Waals surface area (Å²) in [5, 5.41) is 0. The van der Waals surface area contributed by atoms with Crippen LogP contribution in [0.1, 0.15) is 22.8 Å². The van der Waals surface area contributed by atoms with Gasteiger partial charge in [-0.2, -0.15) is 0 Å². The zero-order valence-corrected chi connectivity index (χ0v) is 9.44. The number of carbonyl (C=O) groups is 1. The molecule has 1 rings (SSSR count). The molecule has 0 N–H and O–H groups in total. The summed E-state index contributed by atoms with van der Waals surface area (Å²) in [6.07, 6.45) is 0. The van der Waals surface area contributed by atoms with Crippen molar-refractivity contribution in [2.75, 3.05) is 7.11 Å². The van der Waals surface area contributed by atoms with Gasteiger partial charge in [0.05, 0.1) is 17.1 Å². The van der Waals surface area contributed by atoms with Crippen LogP contribution in [-0.4, -0.2) is 12.9 Å². The van der Waals surface area contributed by atoms with Crippen molar-refractivity contribution >= 4 is 21.7 Å². The lowest BCUT2D eigenvalue weighted by Gasteiger charge is -2.08. The molecule has 0 saturated carbocycles. The Morgan fingerprint density at radius 3 is 2.54 bits per heavy atom. The molecule has 0 unspecified atom stereocenters. The van der Waals surface area contributed by atoms with E-state index in [4.69, 9.17) is 4.74 Å². The van der Waals surface area contributed by atoms with Crippen LogP contribution in [0.25, 0.3) is 0 Å². The van der Waals surface area contributed by atoms with Crippen LogP contribution in [-0.2, 0) is 0 Å². The van der Waals surface area contributed by atoms with Gasteiger partial charge in [-0.1, -0.05) is 0 Å². The molecule has 0 bridgehead atoms. The number of methoxy groups -OCH3 is 1. The summed E-state index contributed by atoms with van der Waals surface area (Å²) in [5.74, 6) is 0.624. The van der Waals surface area contributed by atoms with Crippen molar-refractivity contribution in [3.8, 4) is 5.75 Å². The Hall–Kier alpha value is -0.830. The van der Waals surface area contributed by atoms with E-state index in [1.165, 1.54) is 6.92 Å². The van der Waals surface area contributed by atoms with Crippen LogP contribution in [0.15, 0.2) is 16.6 Å². The molecule has 1 aromatic carbocycles. The van der Waals surface area contributed by atoms with Crippen LogP contribution in [0, 0.1) is 6.92 Å². The third-order valence-electron chi connectivity index (χ3n) is 1.77. The highest BCUT2D eigenvalue weighted by Crippen LogP contribution is 2.30. The average molecular weight is 243 g/mol. The van der Waals surface area contributed by atoms with Gasteiger partial charge in [-0.15, -0.1) is 0 Å². The summed E-state index contributed by atoms with van der Waals surface area (Å²) in [6.45, 7) is 3.47. The lowest BCUT2D eigenvalue weighted by Crippen LogP contribution is -1.98. The van der Waals surface area contributed by atoms with Crippen LogP contribution in [0.2, 0.25) is 0 Å². The fraction of sp³-hybridized carbons (Fsp3) is 0.300. The highest BCUT2D eigenvalue weighted by Gasteiger charge is 2.11. The number of halogens is 1. The Balaban J connectivity index is 3.38. The molecule has 0 aromatic heterocycles. The van der Waals surface area contributed by atoms with Gasteiger partial charge in [-0.05, 0) is 47.5 Å². The quantitative estimate of drug-likeness (QED) is 0.746. The number of carbonyl (C=O) groups excluding carboxylic acids is 1. The zero-order valence-electron chi connectivity index (χ0n) is 7.85. The topological polar surface area (TPSA) is 26.3 Å². The van der Waals surface area contributed by atoms with E-state index in [1.807, 2.05) is 19.1 Å². The van der Waals surface area contributed by atoms with Crippen LogP contribution in [0.5, 0.6) is 5.75 Å². The molecule has 0 atom stereocenters. The number of ketones is 1. The highest BCUT2D eigenvalue weighted by atomic mass is 79.9. The molecule has 2 nitrogen and oxygen atoms in total. The van der Waals surface area contributed by atoms with E-state index in [0.717, 1.165) is 10.0 Å². The van der Waals surface area contributed by atoms with Gasteiger partial charge in [-0.25, -0.2) is 0 Å². The lowest BCUT2D eigenvalue weighted by atomic mass is 10.1. The molecule has 70 valence electrons. The third-order valence-corrected chi connectivity index (χ3v) is 2.36. The molecule has 13 heavy (non-hydrogen) atoms. The SMILES string of the molecule is COc1c(Br)cc(C)cc1C(C)=O. The molecule has 0 aliphatic heterocycles. The summed E-state index contributed by atoms with van der Waals surface area (Å²) in [5.41, 5.74) is 1.66. The van der Waals surface area contributed by atoms with Crippen molar-refractivity contribution in [1.82, 2.24) is 0 Å². The second-order valence-corrected chi connectivity index (χ2v) is 3.74. The van der Waals surface area contributed by atoms with Crippen LogP contribution in [0.4, 0.5) is 0 Å². The maximum absolute atomic E-state index is 11.2. The molecule has 3 heteroatoms. The molecular weight excluding hydrogens is 232 g/mol. The van der Waals surface area contributed by atoms with Gasteiger partial charge in [0.2, 0.25) is 0 Å². The minimum absolute atomic E-state index is 0.0150. The van der Waals surface area contributed by atoms with Crippen molar-refractivity contribution in [2.45, 2.75) is 13.8 Å². The molecule has 1 aromatic rings. The Morgan fingerprint density at radius 2 is 2.08 bits per heavy atom. The number of hydrogen-bond acceptors (Lipinski definition) is 2. The first kappa shape index (κ1) is 10.3. The second kappa shape index (κ2) is 3.92. The van der Waals surface area contributed by atoms with Gasteiger partial charge < -0.3 is 4.74 Å². The van der Waals surface area contributed by atoms with E-state index in [-0.39, 0.29) is 5.78 Å². The summed E-state index contributed by atoms with van der Waals surface area (Å²) in [7, 11) is 1.56. The number of ether oxygens (including phenoxy) is 1. The first-order valence-corrected chi connectivity index (χ1v) is 4.70. The van der Waals surface area contributed by atoms with Crippen molar-refractivity contribution in [1.29, 1.82) is 0 Å². The third kappa shape index (κ3) is 2.10. The molecular formula is C10H11BrO2. The lowest BCUT2D eigenvalue weighted by molar-refractivity contribution is 0.101. The fourth-order valence-electron chi connectivity index (χ4n) is 1.20. The number of rotatable bonds is 2. The monoisotopic (exact) mass is 242 g/mol. The van der Waals surface area contributed by atoms with E-state index in [2.05, 4.69) is 15.9 Å². The fourth-order valence-corrected chi connectivity index (χ4v) is 1.93. The molecule has 0 spiro atoms. The minimum Gasteiger partial charge on any atom is -0.495 e. The minimum atomic E-state index is 0.0150.